The van der Waals surface area contributed by atoms with Crippen molar-refractivity contribution in [2.45, 2.75) is 0 Å². The zero-order chi connectivity index (χ0) is 35.9. The van der Waals surface area contributed by atoms with Crippen LogP contribution in [-0.2, 0) is 0 Å². The summed E-state index contributed by atoms with van der Waals surface area (Å²) in [6.45, 7) is 0. The topological polar surface area (TPSA) is 69.2 Å². The largest absolute Gasteiger partial charge is 0.497 e. The number of benzene rings is 5. The molecule has 2 aromatic heterocycles. The first kappa shape index (κ1) is 33.7. The summed E-state index contributed by atoms with van der Waals surface area (Å²) in [6, 6.07) is 49.3. The van der Waals surface area contributed by atoms with Crippen molar-refractivity contribution < 1.29 is 18.9 Å². The molecule has 0 bridgehead atoms. The van der Waals surface area contributed by atoms with Gasteiger partial charge >= 0.3 is 0 Å². The van der Waals surface area contributed by atoms with E-state index in [1.54, 1.807) is 40.8 Å². The number of nitrogens with zero attached hydrogens (tertiary/aromatic N) is 4. The van der Waals surface area contributed by atoms with E-state index in [2.05, 4.69) is 92.6 Å². The lowest BCUT2D eigenvalue weighted by Crippen LogP contribution is -2.11. The molecule has 7 aromatic rings. The van der Waals surface area contributed by atoms with Gasteiger partial charge in [0.25, 0.3) is 0 Å². The van der Waals surface area contributed by atoms with Crippen LogP contribution in [0.4, 0.5) is 34.4 Å². The summed E-state index contributed by atoms with van der Waals surface area (Å²) in [5.74, 6) is 4.55. The molecule has 0 aliphatic heterocycles. The minimum atomic E-state index is 0.703. The SMILES string of the molecule is COc1ccc(N(c2ccc(-c3ccc(-c4ccc(N(c5ccc(OC)cc5)c5ccc(OC)cn5)cc4)cc3)cc2)c2ccc(OC)cn2)cc1. The Balaban J connectivity index is 1.12. The van der Waals surface area contributed by atoms with Crippen LogP contribution in [0.25, 0.3) is 22.3 Å². The first-order valence-electron chi connectivity index (χ1n) is 16.8. The molecule has 0 amide bonds. The summed E-state index contributed by atoms with van der Waals surface area (Å²) < 4.78 is 21.5. The third kappa shape index (κ3) is 7.22. The zero-order valence-corrected chi connectivity index (χ0v) is 29.4. The minimum absolute atomic E-state index is 0.703. The van der Waals surface area contributed by atoms with Crippen molar-refractivity contribution in [3.8, 4) is 45.3 Å². The number of hydrogen-bond acceptors (Lipinski definition) is 8. The van der Waals surface area contributed by atoms with Crippen LogP contribution in [-0.4, -0.2) is 38.4 Å². The van der Waals surface area contributed by atoms with Gasteiger partial charge in [0.2, 0.25) is 0 Å². The molecule has 0 fully saturated rings. The van der Waals surface area contributed by atoms with Gasteiger partial charge in [0.15, 0.2) is 0 Å². The van der Waals surface area contributed by atoms with Crippen molar-refractivity contribution in [3.05, 3.63) is 158 Å². The molecular weight excluding hydrogens is 649 g/mol. The summed E-state index contributed by atoms with van der Waals surface area (Å²) in [5, 5.41) is 0. The number of hydrogen-bond donors (Lipinski definition) is 0. The number of ether oxygens (including phenoxy) is 4. The van der Waals surface area contributed by atoms with Crippen molar-refractivity contribution in [3.63, 3.8) is 0 Å². The van der Waals surface area contributed by atoms with E-state index in [1.807, 2.05) is 72.8 Å². The molecule has 52 heavy (non-hydrogen) atoms. The Morgan fingerprint density at radius 1 is 0.308 bits per heavy atom. The van der Waals surface area contributed by atoms with Crippen LogP contribution in [0.5, 0.6) is 23.0 Å². The molecule has 0 aliphatic rings. The summed E-state index contributed by atoms with van der Waals surface area (Å²) in [4.78, 5) is 13.6. The van der Waals surface area contributed by atoms with E-state index < -0.39 is 0 Å². The van der Waals surface area contributed by atoms with Gasteiger partial charge in [0.05, 0.1) is 40.8 Å². The molecule has 0 atom stereocenters. The van der Waals surface area contributed by atoms with E-state index in [-0.39, 0.29) is 0 Å². The predicted molar refractivity (Wildman–Crippen MR) is 208 cm³/mol. The van der Waals surface area contributed by atoms with E-state index >= 15 is 0 Å². The third-order valence-electron chi connectivity index (χ3n) is 8.83. The second kappa shape index (κ2) is 15.4. The summed E-state index contributed by atoms with van der Waals surface area (Å²) in [7, 11) is 6.61. The molecule has 0 aliphatic carbocycles. The molecule has 0 radical (unpaired) electrons. The van der Waals surface area contributed by atoms with Crippen LogP contribution in [0.3, 0.4) is 0 Å². The molecule has 0 unspecified atom stereocenters. The number of anilines is 6. The fourth-order valence-electron chi connectivity index (χ4n) is 6.00. The highest BCUT2D eigenvalue weighted by molar-refractivity contribution is 5.79. The van der Waals surface area contributed by atoms with Gasteiger partial charge in [-0.3, -0.25) is 9.80 Å². The molecule has 0 spiro atoms. The monoisotopic (exact) mass is 686 g/mol. The Morgan fingerprint density at radius 2 is 0.558 bits per heavy atom. The van der Waals surface area contributed by atoms with Crippen LogP contribution in [0.2, 0.25) is 0 Å². The predicted octanol–water partition coefficient (Wildman–Crippen LogP) is 10.8. The first-order chi connectivity index (χ1) is 25.6. The minimum Gasteiger partial charge on any atom is -0.497 e. The lowest BCUT2D eigenvalue weighted by molar-refractivity contribution is 0.413. The molecule has 258 valence electrons. The van der Waals surface area contributed by atoms with Gasteiger partial charge in [-0.05, 0) is 119 Å². The van der Waals surface area contributed by atoms with E-state index in [1.165, 1.54) is 0 Å². The number of rotatable bonds is 12. The van der Waals surface area contributed by atoms with E-state index in [4.69, 9.17) is 18.9 Å². The van der Waals surface area contributed by atoms with Gasteiger partial charge in [-0.2, -0.15) is 0 Å². The van der Waals surface area contributed by atoms with Crippen LogP contribution in [0.1, 0.15) is 0 Å². The Labute approximate surface area is 304 Å². The Bertz CT molecular complexity index is 1930. The van der Waals surface area contributed by atoms with Crippen molar-refractivity contribution in [2.24, 2.45) is 0 Å². The third-order valence-corrected chi connectivity index (χ3v) is 8.83. The van der Waals surface area contributed by atoms with Crippen LogP contribution in [0, 0.1) is 0 Å². The molecule has 5 aromatic carbocycles. The second-order valence-electron chi connectivity index (χ2n) is 11.9. The molecule has 2 heterocycles. The zero-order valence-electron chi connectivity index (χ0n) is 29.4. The van der Waals surface area contributed by atoms with Gasteiger partial charge in [-0.15, -0.1) is 0 Å². The van der Waals surface area contributed by atoms with Gasteiger partial charge in [0, 0.05) is 22.7 Å². The normalized spacial score (nSPS) is 10.7. The van der Waals surface area contributed by atoms with Crippen LogP contribution in [0.15, 0.2) is 158 Å². The first-order valence-corrected chi connectivity index (χ1v) is 16.8. The van der Waals surface area contributed by atoms with Crippen molar-refractivity contribution in [2.75, 3.05) is 38.2 Å². The average molecular weight is 687 g/mol. The molecule has 0 saturated carbocycles. The van der Waals surface area contributed by atoms with E-state index in [0.717, 1.165) is 68.1 Å². The van der Waals surface area contributed by atoms with E-state index in [0.29, 0.717) is 11.5 Å². The highest BCUT2D eigenvalue weighted by atomic mass is 16.5. The summed E-state index contributed by atoms with van der Waals surface area (Å²) >= 11 is 0. The standard InChI is InChI=1S/C44H38N4O4/c1-49-39-21-17-37(18-22-39)47(43-27-25-41(51-3)29-45-43)35-13-9-33(10-14-35)31-5-7-32(8-6-31)34-11-15-36(16-12-34)48(38-19-23-40(50-2)24-20-38)44-28-26-42(52-4)30-46-44/h5-30H,1-4H3. The number of aromatic nitrogens is 2. The molecule has 0 saturated heterocycles. The highest BCUT2D eigenvalue weighted by Crippen LogP contribution is 2.38. The van der Waals surface area contributed by atoms with Gasteiger partial charge in [0.1, 0.15) is 34.6 Å². The number of methoxy groups -OCH3 is 4. The Hall–Kier alpha value is -6.80. The fourth-order valence-corrected chi connectivity index (χ4v) is 6.00. The Morgan fingerprint density at radius 3 is 0.808 bits per heavy atom. The smallest absolute Gasteiger partial charge is 0.137 e. The maximum absolute atomic E-state index is 5.39. The van der Waals surface area contributed by atoms with Gasteiger partial charge in [-0.25, -0.2) is 9.97 Å². The van der Waals surface area contributed by atoms with E-state index in [9.17, 15) is 0 Å². The van der Waals surface area contributed by atoms with Crippen molar-refractivity contribution in [1.82, 2.24) is 9.97 Å². The lowest BCUT2D eigenvalue weighted by Gasteiger charge is -2.25. The van der Waals surface area contributed by atoms with Gasteiger partial charge in [-0.1, -0.05) is 48.5 Å². The molecule has 7 rings (SSSR count). The summed E-state index contributed by atoms with van der Waals surface area (Å²) in [5.41, 5.74) is 8.38. The van der Waals surface area contributed by atoms with Crippen molar-refractivity contribution >= 4 is 34.4 Å². The van der Waals surface area contributed by atoms with Crippen LogP contribution < -0.4 is 28.7 Å². The maximum atomic E-state index is 5.39. The fraction of sp³-hybridized carbons (Fsp3) is 0.0909. The molecular formula is C44H38N4O4. The van der Waals surface area contributed by atoms with Crippen LogP contribution >= 0.6 is 0 Å². The quantitative estimate of drug-likeness (QED) is 0.126. The average Bonchev–Trinajstić information content (AvgIpc) is 3.22. The highest BCUT2D eigenvalue weighted by Gasteiger charge is 2.16. The Kier molecular flexibility index (Phi) is 9.97. The molecule has 0 N–H and O–H groups in total. The van der Waals surface area contributed by atoms with Gasteiger partial charge < -0.3 is 18.9 Å². The molecule has 8 nitrogen and oxygen atoms in total. The van der Waals surface area contributed by atoms with Crippen molar-refractivity contribution in [1.29, 1.82) is 0 Å². The number of pyridine rings is 2. The maximum Gasteiger partial charge on any atom is 0.137 e. The second-order valence-corrected chi connectivity index (χ2v) is 11.9. The molecule has 8 heteroatoms. The summed E-state index contributed by atoms with van der Waals surface area (Å²) in [6.07, 6.45) is 3.45. The lowest BCUT2D eigenvalue weighted by atomic mass is 9.99.